The average Bonchev–Trinajstić information content (AvgIpc) is 3.31. The van der Waals surface area contributed by atoms with Crippen LogP contribution in [0.3, 0.4) is 0 Å². The zero-order valence-electron chi connectivity index (χ0n) is 12.1. The molecular weight excluding hydrogens is 262 g/mol. The molecule has 1 heterocycles. The maximum atomic E-state index is 11.6. The van der Waals surface area contributed by atoms with Gasteiger partial charge in [-0.05, 0) is 43.5 Å². The molecule has 0 radical (unpaired) electrons. The second-order valence-corrected chi connectivity index (χ2v) is 5.61. The van der Waals surface area contributed by atoms with Crippen LogP contribution in [0.2, 0.25) is 0 Å². The Morgan fingerprint density at radius 3 is 2.95 bits per heavy atom. The first-order valence-corrected chi connectivity index (χ1v) is 7.65. The molecule has 0 spiro atoms. The third-order valence-corrected chi connectivity index (χ3v) is 3.75. The number of amides is 1. The van der Waals surface area contributed by atoms with Crippen molar-refractivity contribution in [2.75, 3.05) is 6.54 Å². The van der Waals surface area contributed by atoms with E-state index in [0.717, 1.165) is 37.9 Å². The molecule has 1 aromatic heterocycles. The molecule has 1 fully saturated rings. The maximum Gasteiger partial charge on any atom is 0.220 e. The van der Waals surface area contributed by atoms with E-state index in [1.807, 2.05) is 24.4 Å². The number of carbonyl (C=O) groups excluding carboxylic acids is 1. The lowest BCUT2D eigenvalue weighted by Gasteiger charge is -2.08. The van der Waals surface area contributed by atoms with E-state index in [2.05, 4.69) is 27.8 Å². The molecule has 110 valence electrons. The standard InChI is InChI=1S/C17H21N3O/c21-17(20-14-7-8-14)6-3-10-18-12-13-9-11-19-16-5-2-1-4-15(13)16/h1-2,4-5,9,11,14,18H,3,6-8,10,12H2,(H,20,21). The van der Waals surface area contributed by atoms with Crippen molar-refractivity contribution < 1.29 is 4.79 Å². The lowest BCUT2D eigenvalue weighted by molar-refractivity contribution is -0.121. The fourth-order valence-corrected chi connectivity index (χ4v) is 2.43. The van der Waals surface area contributed by atoms with Crippen molar-refractivity contribution in [3.05, 3.63) is 42.1 Å². The zero-order chi connectivity index (χ0) is 14.5. The van der Waals surface area contributed by atoms with Gasteiger partial charge in [0.05, 0.1) is 5.52 Å². The first-order chi connectivity index (χ1) is 10.3. The summed E-state index contributed by atoms with van der Waals surface area (Å²) in [7, 11) is 0. The molecule has 1 amide bonds. The Hall–Kier alpha value is -1.94. The van der Waals surface area contributed by atoms with Gasteiger partial charge in [0.1, 0.15) is 0 Å². The van der Waals surface area contributed by atoms with Gasteiger partial charge in [-0.1, -0.05) is 18.2 Å². The molecule has 0 aliphatic heterocycles. The Morgan fingerprint density at radius 1 is 1.24 bits per heavy atom. The number of benzene rings is 1. The SMILES string of the molecule is O=C(CCCNCc1ccnc2ccccc12)NC1CC1. The number of rotatable bonds is 7. The summed E-state index contributed by atoms with van der Waals surface area (Å²) in [5, 5.41) is 7.62. The highest BCUT2D eigenvalue weighted by Crippen LogP contribution is 2.18. The third kappa shape index (κ3) is 4.02. The molecule has 0 unspecified atom stereocenters. The molecule has 21 heavy (non-hydrogen) atoms. The van der Waals surface area contributed by atoms with Gasteiger partial charge in [0.15, 0.2) is 0 Å². The first kappa shape index (κ1) is 14.0. The quantitative estimate of drug-likeness (QED) is 0.767. The van der Waals surface area contributed by atoms with E-state index < -0.39 is 0 Å². The highest BCUT2D eigenvalue weighted by atomic mass is 16.1. The number of fused-ring (bicyclic) bond motifs is 1. The van der Waals surface area contributed by atoms with Crippen molar-refractivity contribution in [2.45, 2.75) is 38.3 Å². The summed E-state index contributed by atoms with van der Waals surface area (Å²) in [5.74, 6) is 0.189. The monoisotopic (exact) mass is 283 g/mol. The lowest BCUT2D eigenvalue weighted by Crippen LogP contribution is -2.26. The summed E-state index contributed by atoms with van der Waals surface area (Å²) in [6, 6.07) is 10.7. The summed E-state index contributed by atoms with van der Waals surface area (Å²) in [4.78, 5) is 15.9. The second kappa shape index (κ2) is 6.68. The lowest BCUT2D eigenvalue weighted by atomic mass is 10.1. The number of aromatic nitrogens is 1. The molecule has 2 N–H and O–H groups in total. The average molecular weight is 283 g/mol. The van der Waals surface area contributed by atoms with Gasteiger partial charge in [-0.25, -0.2) is 0 Å². The molecule has 0 atom stereocenters. The number of carbonyl (C=O) groups is 1. The topological polar surface area (TPSA) is 54.0 Å². The minimum atomic E-state index is 0.189. The number of nitrogens with zero attached hydrogens (tertiary/aromatic N) is 1. The van der Waals surface area contributed by atoms with Crippen molar-refractivity contribution in [1.29, 1.82) is 0 Å². The molecule has 1 aliphatic rings. The van der Waals surface area contributed by atoms with Crippen LogP contribution in [-0.2, 0) is 11.3 Å². The van der Waals surface area contributed by atoms with Crippen molar-refractivity contribution >= 4 is 16.8 Å². The Morgan fingerprint density at radius 2 is 2.10 bits per heavy atom. The summed E-state index contributed by atoms with van der Waals surface area (Å²) in [6.07, 6.45) is 5.64. The Kier molecular flexibility index (Phi) is 4.46. The molecule has 1 aliphatic carbocycles. The minimum Gasteiger partial charge on any atom is -0.353 e. The van der Waals surface area contributed by atoms with E-state index in [9.17, 15) is 4.79 Å². The second-order valence-electron chi connectivity index (χ2n) is 5.61. The fourth-order valence-electron chi connectivity index (χ4n) is 2.43. The fraction of sp³-hybridized carbons (Fsp3) is 0.412. The van der Waals surface area contributed by atoms with Crippen molar-refractivity contribution in [3.8, 4) is 0 Å². The van der Waals surface area contributed by atoms with Crippen LogP contribution in [0.15, 0.2) is 36.5 Å². The molecule has 0 bridgehead atoms. The number of hydrogen-bond acceptors (Lipinski definition) is 3. The highest BCUT2D eigenvalue weighted by Gasteiger charge is 2.22. The highest BCUT2D eigenvalue weighted by molar-refractivity contribution is 5.81. The number of nitrogens with one attached hydrogen (secondary N) is 2. The van der Waals surface area contributed by atoms with Crippen LogP contribution < -0.4 is 10.6 Å². The molecule has 0 saturated heterocycles. The number of para-hydroxylation sites is 1. The molecule has 4 heteroatoms. The van der Waals surface area contributed by atoms with Crippen molar-refractivity contribution in [2.24, 2.45) is 0 Å². The Bertz CT molecular complexity index is 617. The van der Waals surface area contributed by atoms with Gasteiger partial charge in [-0.3, -0.25) is 9.78 Å². The summed E-state index contributed by atoms with van der Waals surface area (Å²) in [6.45, 7) is 1.67. The van der Waals surface area contributed by atoms with Crippen LogP contribution >= 0.6 is 0 Å². The van der Waals surface area contributed by atoms with E-state index in [4.69, 9.17) is 0 Å². The first-order valence-electron chi connectivity index (χ1n) is 7.65. The zero-order valence-corrected chi connectivity index (χ0v) is 12.1. The third-order valence-electron chi connectivity index (χ3n) is 3.75. The largest absolute Gasteiger partial charge is 0.353 e. The molecular formula is C17H21N3O. The molecule has 1 aromatic carbocycles. The van der Waals surface area contributed by atoms with Crippen LogP contribution in [0.4, 0.5) is 0 Å². The van der Waals surface area contributed by atoms with Gasteiger partial charge in [-0.15, -0.1) is 0 Å². The Balaban J connectivity index is 1.43. The smallest absolute Gasteiger partial charge is 0.220 e. The predicted molar refractivity (Wildman–Crippen MR) is 83.8 cm³/mol. The van der Waals surface area contributed by atoms with Crippen molar-refractivity contribution in [1.82, 2.24) is 15.6 Å². The van der Waals surface area contributed by atoms with E-state index in [1.54, 1.807) is 0 Å². The number of pyridine rings is 1. The van der Waals surface area contributed by atoms with E-state index in [1.165, 1.54) is 10.9 Å². The molecule has 1 saturated carbocycles. The summed E-state index contributed by atoms with van der Waals surface area (Å²) < 4.78 is 0. The molecule has 3 rings (SSSR count). The number of hydrogen-bond donors (Lipinski definition) is 2. The van der Waals surface area contributed by atoms with Crippen LogP contribution in [0.1, 0.15) is 31.2 Å². The van der Waals surface area contributed by atoms with Crippen LogP contribution in [0.25, 0.3) is 10.9 Å². The van der Waals surface area contributed by atoms with Crippen LogP contribution in [-0.4, -0.2) is 23.5 Å². The predicted octanol–water partition coefficient (Wildman–Crippen LogP) is 2.38. The summed E-state index contributed by atoms with van der Waals surface area (Å²) >= 11 is 0. The van der Waals surface area contributed by atoms with Crippen LogP contribution in [0.5, 0.6) is 0 Å². The van der Waals surface area contributed by atoms with Crippen LogP contribution in [0, 0.1) is 0 Å². The normalized spacial score (nSPS) is 14.3. The van der Waals surface area contributed by atoms with Gasteiger partial charge < -0.3 is 10.6 Å². The van der Waals surface area contributed by atoms with Crippen molar-refractivity contribution in [3.63, 3.8) is 0 Å². The van der Waals surface area contributed by atoms with Gasteiger partial charge in [0.2, 0.25) is 5.91 Å². The van der Waals surface area contributed by atoms with Gasteiger partial charge in [0.25, 0.3) is 0 Å². The molecule has 2 aromatic rings. The van der Waals surface area contributed by atoms with E-state index >= 15 is 0 Å². The minimum absolute atomic E-state index is 0.189. The van der Waals surface area contributed by atoms with E-state index in [-0.39, 0.29) is 5.91 Å². The molecule has 4 nitrogen and oxygen atoms in total. The Labute approximate surface area is 125 Å². The van der Waals surface area contributed by atoms with Gasteiger partial charge in [0, 0.05) is 30.6 Å². The van der Waals surface area contributed by atoms with E-state index in [0.29, 0.717) is 12.5 Å². The maximum absolute atomic E-state index is 11.6. The summed E-state index contributed by atoms with van der Waals surface area (Å²) in [5.41, 5.74) is 2.28. The van der Waals surface area contributed by atoms with Gasteiger partial charge >= 0.3 is 0 Å². The van der Waals surface area contributed by atoms with Gasteiger partial charge in [-0.2, -0.15) is 0 Å².